The third kappa shape index (κ3) is 2.13. The molecule has 0 aromatic rings. The molecule has 0 amide bonds. The quantitative estimate of drug-likeness (QED) is 0.685. The van der Waals surface area contributed by atoms with E-state index in [1.165, 1.54) is 0 Å². The Balaban J connectivity index is 2.59. The van der Waals surface area contributed by atoms with Gasteiger partial charge < -0.3 is 0 Å². The van der Waals surface area contributed by atoms with Gasteiger partial charge in [-0.3, -0.25) is 9.69 Å². The Morgan fingerprint density at radius 3 is 2.79 bits per heavy atom. The van der Waals surface area contributed by atoms with E-state index < -0.39 is 0 Å². The molecule has 2 unspecified atom stereocenters. The second-order valence-corrected chi connectivity index (χ2v) is 4.39. The smallest absolute Gasteiger partial charge is 0.149 e. The first-order valence-electron chi connectivity index (χ1n) is 5.20. The van der Waals surface area contributed by atoms with Gasteiger partial charge in [-0.05, 0) is 20.3 Å². The first-order valence-corrected chi connectivity index (χ1v) is 5.20. The van der Waals surface area contributed by atoms with E-state index in [0.29, 0.717) is 6.42 Å². The predicted octanol–water partition coefficient (Wildman–Crippen LogP) is 1.59. The van der Waals surface area contributed by atoms with E-state index >= 15 is 0 Å². The molecule has 0 saturated carbocycles. The molecule has 0 bridgehead atoms. The number of nitriles is 1. The summed E-state index contributed by atoms with van der Waals surface area (Å²) in [5.41, 5.74) is -0.248. The molecule has 1 aliphatic heterocycles. The monoisotopic (exact) mass is 194 g/mol. The highest BCUT2D eigenvalue weighted by molar-refractivity contribution is 5.83. The first kappa shape index (κ1) is 11.2. The van der Waals surface area contributed by atoms with Crippen LogP contribution in [0.25, 0.3) is 0 Å². The Bertz CT molecular complexity index is 269. The maximum Gasteiger partial charge on any atom is 0.149 e. The van der Waals surface area contributed by atoms with E-state index in [4.69, 9.17) is 5.26 Å². The maximum absolute atomic E-state index is 11.5. The fourth-order valence-corrected chi connectivity index (χ4v) is 1.92. The van der Waals surface area contributed by atoms with Crippen LogP contribution in [0.3, 0.4) is 0 Å². The van der Waals surface area contributed by atoms with Crippen molar-refractivity contribution in [2.24, 2.45) is 5.41 Å². The van der Waals surface area contributed by atoms with Gasteiger partial charge in [0.25, 0.3) is 0 Å². The van der Waals surface area contributed by atoms with Crippen LogP contribution in [-0.4, -0.2) is 29.8 Å². The zero-order valence-electron chi connectivity index (χ0n) is 9.21. The third-order valence-electron chi connectivity index (χ3n) is 3.13. The van der Waals surface area contributed by atoms with Crippen molar-refractivity contribution < 1.29 is 4.79 Å². The van der Waals surface area contributed by atoms with E-state index in [0.717, 1.165) is 19.5 Å². The summed E-state index contributed by atoms with van der Waals surface area (Å²) in [5.74, 6) is 0.271. The number of carbonyl (C=O) groups is 1. The van der Waals surface area contributed by atoms with Crippen molar-refractivity contribution >= 4 is 5.78 Å². The van der Waals surface area contributed by atoms with Crippen molar-refractivity contribution in [3.63, 3.8) is 0 Å². The number of carbonyl (C=O) groups excluding carboxylic acids is 1. The number of hydrogen-bond acceptors (Lipinski definition) is 3. The van der Waals surface area contributed by atoms with Crippen LogP contribution in [0.5, 0.6) is 0 Å². The molecule has 78 valence electrons. The Morgan fingerprint density at radius 2 is 2.36 bits per heavy atom. The lowest BCUT2D eigenvalue weighted by atomic mass is 9.92. The number of hydrogen-bond donors (Lipinski definition) is 0. The molecule has 0 radical (unpaired) electrons. The Hall–Kier alpha value is -0.880. The second-order valence-electron chi connectivity index (χ2n) is 4.39. The fraction of sp³-hybridized carbons (Fsp3) is 0.818. The molecule has 1 aliphatic rings. The van der Waals surface area contributed by atoms with E-state index in [9.17, 15) is 4.79 Å². The highest BCUT2D eigenvalue weighted by Gasteiger charge is 2.37. The molecule has 0 aromatic heterocycles. The lowest BCUT2D eigenvalue weighted by Gasteiger charge is -2.23. The summed E-state index contributed by atoms with van der Waals surface area (Å²) >= 11 is 0. The van der Waals surface area contributed by atoms with Crippen LogP contribution >= 0.6 is 0 Å². The predicted molar refractivity (Wildman–Crippen MR) is 54.7 cm³/mol. The van der Waals surface area contributed by atoms with Gasteiger partial charge in [0.1, 0.15) is 5.78 Å². The van der Waals surface area contributed by atoms with E-state index in [-0.39, 0.29) is 17.2 Å². The van der Waals surface area contributed by atoms with E-state index in [2.05, 4.69) is 11.0 Å². The van der Waals surface area contributed by atoms with Crippen molar-refractivity contribution in [1.82, 2.24) is 4.90 Å². The maximum atomic E-state index is 11.5. The minimum absolute atomic E-state index is 0.0184. The number of likely N-dealkylation sites (tertiary alicyclic amines) is 1. The van der Waals surface area contributed by atoms with Gasteiger partial charge in [-0.1, -0.05) is 6.92 Å². The molecule has 0 aromatic carbocycles. The molecule has 3 heteroatoms. The van der Waals surface area contributed by atoms with Gasteiger partial charge in [0.2, 0.25) is 0 Å². The number of Topliss-reactive ketones (excluding diaryl/α,β-unsaturated/α-hetero) is 1. The third-order valence-corrected chi connectivity index (χ3v) is 3.13. The molecular weight excluding hydrogens is 176 g/mol. The summed E-state index contributed by atoms with van der Waals surface area (Å²) in [4.78, 5) is 13.6. The molecule has 2 atom stereocenters. The molecule has 1 rings (SSSR count). The van der Waals surface area contributed by atoms with Gasteiger partial charge >= 0.3 is 0 Å². The van der Waals surface area contributed by atoms with E-state index in [1.54, 1.807) is 0 Å². The fourth-order valence-electron chi connectivity index (χ4n) is 1.92. The average Bonchev–Trinajstić information content (AvgIpc) is 2.59. The number of nitrogens with zero attached hydrogens (tertiary/aromatic N) is 2. The van der Waals surface area contributed by atoms with Crippen LogP contribution < -0.4 is 0 Å². The summed E-state index contributed by atoms with van der Waals surface area (Å²) in [5, 5.41) is 8.96. The standard InChI is InChI=1S/C11H18N2O/c1-4-10(14)9(2)13-6-5-11(3,7-12)8-13/h9H,4-6,8H2,1-3H3. The van der Waals surface area contributed by atoms with Crippen LogP contribution in [0.1, 0.15) is 33.6 Å². The van der Waals surface area contributed by atoms with Crippen molar-refractivity contribution in [3.05, 3.63) is 0 Å². The van der Waals surface area contributed by atoms with Gasteiger partial charge in [-0.2, -0.15) is 5.26 Å². The van der Waals surface area contributed by atoms with Crippen molar-refractivity contribution in [2.75, 3.05) is 13.1 Å². The second kappa shape index (κ2) is 4.10. The highest BCUT2D eigenvalue weighted by atomic mass is 16.1. The van der Waals surface area contributed by atoms with Crippen molar-refractivity contribution in [1.29, 1.82) is 5.26 Å². The lowest BCUT2D eigenvalue weighted by molar-refractivity contribution is -0.123. The first-order chi connectivity index (χ1) is 6.52. The minimum Gasteiger partial charge on any atom is -0.298 e. The van der Waals surface area contributed by atoms with Crippen LogP contribution in [0.4, 0.5) is 0 Å². The summed E-state index contributed by atoms with van der Waals surface area (Å²) in [6.07, 6.45) is 1.46. The van der Waals surface area contributed by atoms with E-state index in [1.807, 2.05) is 20.8 Å². The van der Waals surface area contributed by atoms with Gasteiger partial charge in [-0.25, -0.2) is 0 Å². The summed E-state index contributed by atoms with van der Waals surface area (Å²) in [7, 11) is 0. The zero-order valence-corrected chi connectivity index (χ0v) is 9.21. The molecular formula is C11H18N2O. The summed E-state index contributed by atoms with van der Waals surface area (Å²) in [6, 6.07) is 2.31. The van der Waals surface area contributed by atoms with Crippen LogP contribution in [0.2, 0.25) is 0 Å². The van der Waals surface area contributed by atoms with Gasteiger partial charge in [0.05, 0.1) is 17.5 Å². The molecule has 1 saturated heterocycles. The summed E-state index contributed by atoms with van der Waals surface area (Å²) < 4.78 is 0. The molecule has 14 heavy (non-hydrogen) atoms. The van der Waals surface area contributed by atoms with Crippen LogP contribution in [0, 0.1) is 16.7 Å². The number of rotatable bonds is 3. The van der Waals surface area contributed by atoms with Crippen LogP contribution in [-0.2, 0) is 4.79 Å². The molecule has 3 nitrogen and oxygen atoms in total. The Morgan fingerprint density at radius 1 is 1.71 bits per heavy atom. The number of ketones is 1. The van der Waals surface area contributed by atoms with Gasteiger partial charge in [0, 0.05) is 19.5 Å². The molecule has 0 N–H and O–H groups in total. The van der Waals surface area contributed by atoms with Gasteiger partial charge in [-0.15, -0.1) is 0 Å². The van der Waals surface area contributed by atoms with Crippen molar-refractivity contribution in [3.8, 4) is 6.07 Å². The lowest BCUT2D eigenvalue weighted by Crippen LogP contribution is -2.38. The average molecular weight is 194 g/mol. The molecule has 0 aliphatic carbocycles. The SMILES string of the molecule is CCC(=O)C(C)N1CCC(C)(C#N)C1. The normalized spacial score (nSPS) is 29.9. The van der Waals surface area contributed by atoms with Gasteiger partial charge in [0.15, 0.2) is 0 Å². The Kier molecular flexibility index (Phi) is 3.28. The topological polar surface area (TPSA) is 44.1 Å². The minimum atomic E-state index is -0.248. The zero-order chi connectivity index (χ0) is 10.8. The molecule has 0 spiro atoms. The molecule has 1 heterocycles. The highest BCUT2D eigenvalue weighted by Crippen LogP contribution is 2.30. The molecule has 1 fully saturated rings. The largest absolute Gasteiger partial charge is 0.298 e. The summed E-state index contributed by atoms with van der Waals surface area (Å²) in [6.45, 7) is 7.40. The van der Waals surface area contributed by atoms with Crippen LogP contribution in [0.15, 0.2) is 0 Å². The Labute approximate surface area is 85.7 Å². The van der Waals surface area contributed by atoms with Crippen molar-refractivity contribution in [2.45, 2.75) is 39.7 Å².